The van der Waals surface area contributed by atoms with Crippen LogP contribution in [0.2, 0.25) is 0 Å². The van der Waals surface area contributed by atoms with Crippen LogP contribution in [-0.4, -0.2) is 36.4 Å². The fourth-order valence-electron chi connectivity index (χ4n) is 2.97. The third-order valence-electron chi connectivity index (χ3n) is 4.30. The fourth-order valence-corrected chi connectivity index (χ4v) is 2.97. The molecule has 0 aliphatic rings. The molecular formula is C19H13F3N6O. The van der Waals surface area contributed by atoms with E-state index in [1.807, 2.05) is 0 Å². The van der Waals surface area contributed by atoms with Crippen molar-refractivity contribution in [3.63, 3.8) is 0 Å². The van der Waals surface area contributed by atoms with Crippen molar-refractivity contribution in [3.05, 3.63) is 66.6 Å². The lowest BCUT2D eigenvalue weighted by Crippen LogP contribution is -2.16. The maximum atomic E-state index is 13.3. The van der Waals surface area contributed by atoms with Gasteiger partial charge in [-0.1, -0.05) is 18.2 Å². The first-order valence-corrected chi connectivity index (χ1v) is 8.42. The van der Waals surface area contributed by atoms with Crippen LogP contribution in [-0.2, 0) is 12.7 Å². The van der Waals surface area contributed by atoms with E-state index in [9.17, 15) is 18.0 Å². The topological polar surface area (TPSA) is 89.5 Å². The highest BCUT2D eigenvalue weighted by Crippen LogP contribution is 2.37. The Balaban J connectivity index is 1.67. The van der Waals surface area contributed by atoms with Gasteiger partial charge in [0, 0.05) is 29.5 Å². The van der Waals surface area contributed by atoms with Crippen LogP contribution in [0.3, 0.4) is 0 Å². The first-order chi connectivity index (χ1) is 13.8. The quantitative estimate of drug-likeness (QED) is 0.532. The lowest BCUT2D eigenvalue weighted by atomic mass is 10.00. The van der Waals surface area contributed by atoms with E-state index >= 15 is 0 Å². The molecule has 0 radical (unpaired) electrons. The van der Waals surface area contributed by atoms with E-state index in [0.29, 0.717) is 16.5 Å². The van der Waals surface area contributed by atoms with Crippen molar-refractivity contribution in [1.29, 1.82) is 5.41 Å². The molecule has 0 spiro atoms. The lowest BCUT2D eigenvalue weighted by molar-refractivity contribution is -0.137. The number of rotatable bonds is 4. The van der Waals surface area contributed by atoms with Crippen LogP contribution in [0.5, 0.6) is 0 Å². The molecule has 1 N–H and O–H groups in total. The van der Waals surface area contributed by atoms with Crippen LogP contribution in [0.4, 0.5) is 13.2 Å². The van der Waals surface area contributed by atoms with Gasteiger partial charge in [0.25, 0.3) is 5.91 Å². The van der Waals surface area contributed by atoms with Gasteiger partial charge in [-0.2, -0.15) is 13.2 Å². The maximum Gasteiger partial charge on any atom is 0.417 e. The highest BCUT2D eigenvalue weighted by Gasteiger charge is 2.33. The van der Waals surface area contributed by atoms with E-state index in [1.165, 1.54) is 52.4 Å². The molecule has 0 unspecified atom stereocenters. The van der Waals surface area contributed by atoms with E-state index in [-0.39, 0.29) is 23.8 Å². The molecule has 0 saturated carbocycles. The molecule has 3 heterocycles. The van der Waals surface area contributed by atoms with Crippen LogP contribution in [0, 0.1) is 5.41 Å². The molecule has 29 heavy (non-hydrogen) atoms. The predicted octanol–water partition coefficient (Wildman–Crippen LogP) is 3.65. The van der Waals surface area contributed by atoms with Gasteiger partial charge in [-0.3, -0.25) is 14.3 Å². The minimum absolute atomic E-state index is 0.0234. The number of carbonyl (C=O) groups is 1. The van der Waals surface area contributed by atoms with Crippen molar-refractivity contribution in [3.8, 4) is 11.1 Å². The first-order valence-electron chi connectivity index (χ1n) is 8.42. The number of halogens is 3. The number of nitrogens with one attached hydrogen (secondary N) is 1. The Hall–Kier alpha value is -3.82. The van der Waals surface area contributed by atoms with E-state index in [1.54, 1.807) is 6.07 Å². The summed E-state index contributed by atoms with van der Waals surface area (Å²) >= 11 is 0. The Morgan fingerprint density at radius 2 is 1.97 bits per heavy atom. The van der Waals surface area contributed by atoms with Crippen LogP contribution >= 0.6 is 0 Å². The van der Waals surface area contributed by atoms with Gasteiger partial charge in [-0.05, 0) is 17.7 Å². The van der Waals surface area contributed by atoms with Crippen molar-refractivity contribution < 1.29 is 18.0 Å². The predicted molar refractivity (Wildman–Crippen MR) is 98.7 cm³/mol. The van der Waals surface area contributed by atoms with E-state index in [4.69, 9.17) is 5.41 Å². The van der Waals surface area contributed by atoms with Crippen LogP contribution in [0.15, 0.2) is 55.2 Å². The van der Waals surface area contributed by atoms with E-state index in [2.05, 4.69) is 15.1 Å². The normalized spacial score (nSPS) is 11.7. The number of aromatic nitrogens is 5. The molecule has 0 aliphatic carbocycles. The Morgan fingerprint density at radius 3 is 2.69 bits per heavy atom. The zero-order valence-corrected chi connectivity index (χ0v) is 14.8. The molecule has 3 aromatic heterocycles. The van der Waals surface area contributed by atoms with Crippen molar-refractivity contribution in [2.45, 2.75) is 12.7 Å². The second-order valence-corrected chi connectivity index (χ2v) is 6.25. The van der Waals surface area contributed by atoms with E-state index < -0.39 is 11.7 Å². The summed E-state index contributed by atoms with van der Waals surface area (Å²) < 4.78 is 42.5. The average Bonchev–Trinajstić information content (AvgIpc) is 3.33. The van der Waals surface area contributed by atoms with E-state index in [0.717, 1.165) is 12.3 Å². The van der Waals surface area contributed by atoms with Gasteiger partial charge in [0.05, 0.1) is 17.3 Å². The lowest BCUT2D eigenvalue weighted by Gasteiger charge is -2.12. The third-order valence-corrected chi connectivity index (χ3v) is 4.30. The maximum absolute atomic E-state index is 13.3. The van der Waals surface area contributed by atoms with Gasteiger partial charge in [0.2, 0.25) is 0 Å². The average molecular weight is 398 g/mol. The summed E-state index contributed by atoms with van der Waals surface area (Å²) in [6, 6.07) is 6.85. The molecule has 0 saturated heterocycles. The van der Waals surface area contributed by atoms with Gasteiger partial charge in [-0.15, -0.1) is 5.10 Å². The van der Waals surface area contributed by atoms with Crippen LogP contribution < -0.4 is 0 Å². The monoisotopic (exact) mass is 398 g/mol. The van der Waals surface area contributed by atoms with Crippen molar-refractivity contribution in [1.82, 2.24) is 24.3 Å². The number of benzene rings is 1. The number of hydrogen-bond donors (Lipinski definition) is 1. The van der Waals surface area contributed by atoms with Gasteiger partial charge < -0.3 is 5.41 Å². The molecule has 7 nitrogen and oxygen atoms in total. The highest BCUT2D eigenvalue weighted by atomic mass is 19.4. The molecule has 146 valence electrons. The molecule has 4 rings (SSSR count). The minimum atomic E-state index is -4.49. The van der Waals surface area contributed by atoms with Crippen molar-refractivity contribution >= 4 is 23.0 Å². The number of pyridine rings is 1. The Morgan fingerprint density at radius 1 is 1.17 bits per heavy atom. The third kappa shape index (κ3) is 3.64. The van der Waals surface area contributed by atoms with Gasteiger partial charge in [0.1, 0.15) is 12.9 Å². The second kappa shape index (κ2) is 6.97. The molecule has 10 heteroatoms. The molecule has 4 aromatic rings. The summed E-state index contributed by atoms with van der Waals surface area (Å²) in [5.41, 5.74) is 0.0630. The summed E-state index contributed by atoms with van der Waals surface area (Å²) in [5.74, 6) is -0.147. The van der Waals surface area contributed by atoms with Crippen molar-refractivity contribution in [2.75, 3.05) is 0 Å². The summed E-state index contributed by atoms with van der Waals surface area (Å²) in [4.78, 5) is 20.5. The fraction of sp³-hybridized carbons (Fsp3) is 0.105. The largest absolute Gasteiger partial charge is 0.417 e. The first kappa shape index (κ1) is 18.5. The molecule has 0 atom stereocenters. The Kier molecular flexibility index (Phi) is 4.45. The molecule has 0 aliphatic heterocycles. The van der Waals surface area contributed by atoms with Crippen molar-refractivity contribution in [2.24, 2.45) is 0 Å². The smallest absolute Gasteiger partial charge is 0.305 e. The summed E-state index contributed by atoms with van der Waals surface area (Å²) in [7, 11) is 0. The molecular weight excluding hydrogens is 385 g/mol. The number of alkyl halides is 3. The molecule has 0 bridgehead atoms. The Bertz CT molecular complexity index is 1220. The minimum Gasteiger partial charge on any atom is -0.305 e. The summed E-state index contributed by atoms with van der Waals surface area (Å²) in [5, 5.41) is 11.6. The van der Waals surface area contributed by atoms with Crippen LogP contribution in [0.1, 0.15) is 16.2 Å². The number of nitrogens with zero attached hydrogens (tertiary/aromatic N) is 5. The Labute approximate surface area is 161 Å². The number of carbonyl (C=O) groups excluding carboxylic acids is 1. The standard InChI is InChI=1S/C19H13F3N6O/c20-19(21,22)15-4-2-1-3-14(15)12-5-13-8-27(9-16(13)24-7-12)18(29)10-28-11-25-17(6-23)26-28/h1-9,11,23H,10H2. The zero-order valence-electron chi connectivity index (χ0n) is 14.8. The van der Waals surface area contributed by atoms with Gasteiger partial charge in [-0.25, -0.2) is 9.67 Å². The summed E-state index contributed by atoms with van der Waals surface area (Å²) in [6.45, 7) is -0.106. The molecule has 0 fully saturated rings. The number of fused-ring (bicyclic) bond motifs is 1. The molecule has 1 aromatic carbocycles. The van der Waals surface area contributed by atoms with Crippen LogP contribution in [0.25, 0.3) is 22.0 Å². The summed E-state index contributed by atoms with van der Waals surface area (Å²) in [6.07, 6.45) is 2.20. The zero-order chi connectivity index (χ0) is 20.6. The molecule has 0 amide bonds. The second-order valence-electron chi connectivity index (χ2n) is 6.25. The highest BCUT2D eigenvalue weighted by molar-refractivity contribution is 5.89. The van der Waals surface area contributed by atoms with Gasteiger partial charge in [0.15, 0.2) is 5.82 Å². The SMILES string of the molecule is N=Cc1ncn(CC(=O)n2cc3cc(-c4ccccc4C(F)(F)F)cnc3c2)n1. The van der Waals surface area contributed by atoms with Gasteiger partial charge >= 0.3 is 6.18 Å². The number of hydrogen-bond acceptors (Lipinski definition) is 5.